The molecule has 0 aromatic heterocycles. The van der Waals surface area contributed by atoms with Gasteiger partial charge in [0.2, 0.25) is 0 Å². The number of hydrogen-bond acceptors (Lipinski definition) is 3. The summed E-state index contributed by atoms with van der Waals surface area (Å²) in [5.74, 6) is -0.159. The second-order valence-corrected chi connectivity index (χ2v) is 15.3. The van der Waals surface area contributed by atoms with Crippen LogP contribution >= 0.6 is 0 Å². The predicted octanol–water partition coefficient (Wildman–Crippen LogP) is 5.12. The van der Waals surface area contributed by atoms with Gasteiger partial charge in [-0.2, -0.15) is 0 Å². The van der Waals surface area contributed by atoms with Crippen LogP contribution in [0.3, 0.4) is 0 Å². The molecule has 3 atom stereocenters. The number of carboxylic acid groups (broad SMARTS) is 1. The van der Waals surface area contributed by atoms with Crippen LogP contribution in [0.1, 0.15) is 51.5 Å². The van der Waals surface area contributed by atoms with E-state index in [0.29, 0.717) is 25.6 Å². The van der Waals surface area contributed by atoms with Crippen LogP contribution in [0.2, 0.25) is 18.1 Å². The molecule has 1 aliphatic heterocycles. The van der Waals surface area contributed by atoms with Crippen LogP contribution in [0.4, 0.5) is 4.39 Å². The lowest BCUT2D eigenvalue weighted by Gasteiger charge is -2.37. The molecule has 1 N–H and O–H groups in total. The molecule has 0 bridgehead atoms. The summed E-state index contributed by atoms with van der Waals surface area (Å²) >= 11 is 0. The molecule has 0 amide bonds. The molecule has 2 unspecified atom stereocenters. The normalized spacial score (nSPS) is 24.6. The number of nitrogens with zero attached hydrogens (tertiary/aromatic N) is 1. The highest BCUT2D eigenvalue weighted by molar-refractivity contribution is 6.74. The lowest BCUT2D eigenvalue weighted by atomic mass is 9.89. The first kappa shape index (κ1) is 22.4. The zero-order chi connectivity index (χ0) is 21.4. The number of carbonyl (C=O) groups is 1. The fraction of sp³-hybridized carbons (Fsp3) is 0.696. The van der Waals surface area contributed by atoms with E-state index in [2.05, 4.69) is 38.8 Å². The molecule has 1 aromatic carbocycles. The van der Waals surface area contributed by atoms with Crippen molar-refractivity contribution in [3.63, 3.8) is 0 Å². The van der Waals surface area contributed by atoms with Crippen molar-refractivity contribution < 1.29 is 18.7 Å². The first-order valence-corrected chi connectivity index (χ1v) is 13.7. The van der Waals surface area contributed by atoms with Crippen LogP contribution in [0, 0.1) is 17.7 Å². The van der Waals surface area contributed by atoms with Gasteiger partial charge in [0.25, 0.3) is 0 Å². The van der Waals surface area contributed by atoms with Crippen LogP contribution in [0.25, 0.3) is 0 Å². The maximum atomic E-state index is 13.9. The van der Waals surface area contributed by atoms with E-state index in [1.54, 1.807) is 12.1 Å². The minimum absolute atomic E-state index is 0.0940. The highest BCUT2D eigenvalue weighted by atomic mass is 28.4. The van der Waals surface area contributed by atoms with Gasteiger partial charge in [-0.15, -0.1) is 0 Å². The Morgan fingerprint density at radius 2 is 2.00 bits per heavy atom. The van der Waals surface area contributed by atoms with Gasteiger partial charge >= 0.3 is 5.97 Å². The van der Waals surface area contributed by atoms with Gasteiger partial charge in [-0.25, -0.2) is 4.39 Å². The topological polar surface area (TPSA) is 49.8 Å². The third-order valence-corrected chi connectivity index (χ3v) is 11.7. The van der Waals surface area contributed by atoms with E-state index >= 15 is 0 Å². The summed E-state index contributed by atoms with van der Waals surface area (Å²) in [6.45, 7) is 13.1. The van der Waals surface area contributed by atoms with Crippen LogP contribution in [0.15, 0.2) is 24.3 Å². The van der Waals surface area contributed by atoms with Crippen molar-refractivity contribution in [3.8, 4) is 0 Å². The first-order chi connectivity index (χ1) is 13.5. The molecule has 1 saturated heterocycles. The summed E-state index contributed by atoms with van der Waals surface area (Å²) < 4.78 is 20.4. The van der Waals surface area contributed by atoms with Gasteiger partial charge in [0.1, 0.15) is 11.9 Å². The minimum Gasteiger partial charge on any atom is -0.480 e. The molecular weight excluding hydrogens is 385 g/mol. The second kappa shape index (κ2) is 8.48. The van der Waals surface area contributed by atoms with Gasteiger partial charge in [0.05, 0.1) is 0 Å². The Hall–Kier alpha value is -1.24. The molecule has 2 aliphatic rings. The monoisotopic (exact) mass is 421 g/mol. The summed E-state index contributed by atoms with van der Waals surface area (Å²) in [7, 11) is -1.91. The molecule has 1 heterocycles. The Bertz CT molecular complexity index is 729. The number of hydrogen-bond donors (Lipinski definition) is 1. The first-order valence-electron chi connectivity index (χ1n) is 10.8. The number of carboxylic acids is 1. The fourth-order valence-electron chi connectivity index (χ4n) is 4.05. The van der Waals surface area contributed by atoms with E-state index in [9.17, 15) is 14.3 Å². The summed E-state index contributed by atoms with van der Waals surface area (Å²) in [5.41, 5.74) is 0.951. The summed E-state index contributed by atoms with van der Waals surface area (Å²) in [6.07, 6.45) is 3.01. The SMILES string of the molecule is CC(C)(C)[Si](C)(C)OCC1CN([C@H](CC2CC2)C(=O)O)CC1c1cccc(F)c1. The maximum Gasteiger partial charge on any atom is 0.320 e. The van der Waals surface area contributed by atoms with E-state index in [4.69, 9.17) is 4.43 Å². The fourth-order valence-corrected chi connectivity index (χ4v) is 5.11. The van der Waals surface area contributed by atoms with Crippen LogP contribution in [-0.4, -0.2) is 50.0 Å². The number of aliphatic carboxylic acids is 1. The molecular formula is C23H36FNO3Si. The van der Waals surface area contributed by atoms with Crippen LogP contribution < -0.4 is 0 Å². The molecule has 29 heavy (non-hydrogen) atoms. The van der Waals surface area contributed by atoms with E-state index in [1.165, 1.54) is 6.07 Å². The summed E-state index contributed by atoms with van der Waals surface area (Å²) in [4.78, 5) is 14.1. The predicted molar refractivity (Wildman–Crippen MR) is 116 cm³/mol. The van der Waals surface area contributed by atoms with Crippen molar-refractivity contribution >= 4 is 14.3 Å². The van der Waals surface area contributed by atoms with Gasteiger partial charge in [-0.05, 0) is 48.2 Å². The Labute approximate surface area is 175 Å². The largest absolute Gasteiger partial charge is 0.480 e. The lowest BCUT2D eigenvalue weighted by molar-refractivity contribution is -0.143. The Balaban J connectivity index is 1.79. The number of rotatable bonds is 8. The molecule has 1 saturated carbocycles. The Kier molecular flexibility index (Phi) is 6.56. The van der Waals surface area contributed by atoms with Crippen LogP contribution in [0.5, 0.6) is 0 Å². The van der Waals surface area contributed by atoms with E-state index < -0.39 is 20.3 Å². The van der Waals surface area contributed by atoms with Gasteiger partial charge < -0.3 is 9.53 Å². The maximum absolute atomic E-state index is 13.9. The molecule has 0 radical (unpaired) electrons. The third kappa shape index (κ3) is 5.47. The van der Waals surface area contributed by atoms with E-state index in [1.807, 2.05) is 6.07 Å². The van der Waals surface area contributed by atoms with E-state index in [0.717, 1.165) is 24.8 Å². The van der Waals surface area contributed by atoms with E-state index in [-0.39, 0.29) is 22.7 Å². The van der Waals surface area contributed by atoms with Gasteiger partial charge in [-0.1, -0.05) is 45.7 Å². The highest BCUT2D eigenvalue weighted by Crippen LogP contribution is 2.41. The zero-order valence-electron chi connectivity index (χ0n) is 18.5. The average Bonchev–Trinajstić information content (AvgIpc) is 3.34. The standard InChI is InChI=1S/C23H36FNO3Si/c1-23(2,3)29(4,5)28-15-18-13-25(21(22(26)27)11-16-9-10-16)14-20(18)17-7-6-8-19(24)12-17/h6-8,12,16,18,20-21H,9-11,13-15H2,1-5H3,(H,26,27)/t18?,20?,21-/m1/s1. The molecule has 162 valence electrons. The molecule has 6 heteroatoms. The molecule has 1 aromatic rings. The van der Waals surface area contributed by atoms with Crippen molar-refractivity contribution in [1.29, 1.82) is 0 Å². The minimum atomic E-state index is -1.91. The van der Waals surface area contributed by atoms with Crippen molar-refractivity contribution in [1.82, 2.24) is 4.90 Å². The Morgan fingerprint density at radius 1 is 1.31 bits per heavy atom. The smallest absolute Gasteiger partial charge is 0.320 e. The Morgan fingerprint density at radius 3 is 2.55 bits per heavy atom. The van der Waals surface area contributed by atoms with Gasteiger partial charge in [-0.3, -0.25) is 9.69 Å². The van der Waals surface area contributed by atoms with Crippen molar-refractivity contribution in [2.24, 2.45) is 11.8 Å². The number of benzene rings is 1. The number of halogens is 1. The van der Waals surface area contributed by atoms with Gasteiger partial charge in [0, 0.05) is 31.5 Å². The average molecular weight is 422 g/mol. The molecule has 4 nitrogen and oxygen atoms in total. The number of likely N-dealkylation sites (tertiary alicyclic amines) is 1. The molecule has 0 spiro atoms. The quantitative estimate of drug-likeness (QED) is 0.592. The lowest BCUT2D eigenvalue weighted by Crippen LogP contribution is -2.43. The van der Waals surface area contributed by atoms with Crippen molar-refractivity contribution in [3.05, 3.63) is 35.6 Å². The molecule has 1 aliphatic carbocycles. The highest BCUT2D eigenvalue weighted by Gasteiger charge is 2.43. The van der Waals surface area contributed by atoms with Crippen molar-refractivity contribution in [2.75, 3.05) is 19.7 Å². The third-order valence-electron chi connectivity index (χ3n) is 7.19. The second-order valence-electron chi connectivity index (χ2n) is 10.5. The van der Waals surface area contributed by atoms with Crippen LogP contribution in [-0.2, 0) is 9.22 Å². The van der Waals surface area contributed by atoms with Crippen molar-refractivity contribution in [2.45, 2.75) is 70.1 Å². The molecule has 3 rings (SSSR count). The summed E-state index contributed by atoms with van der Waals surface area (Å²) in [6, 6.07) is 6.33. The summed E-state index contributed by atoms with van der Waals surface area (Å²) in [5, 5.41) is 9.96. The van der Waals surface area contributed by atoms with Gasteiger partial charge in [0.15, 0.2) is 8.32 Å². The zero-order valence-corrected chi connectivity index (χ0v) is 19.5. The molecule has 2 fully saturated rings.